The Morgan fingerprint density at radius 2 is 1.29 bits per heavy atom. The number of urea groups is 1. The highest BCUT2D eigenvalue weighted by Crippen LogP contribution is 2.28. The van der Waals surface area contributed by atoms with Gasteiger partial charge in [-0.2, -0.15) is 0 Å². The van der Waals surface area contributed by atoms with Crippen molar-refractivity contribution in [2.24, 2.45) is 0 Å². The molecule has 3 N–H and O–H groups in total. The number of hydrogen-bond donors (Lipinski definition) is 3. The second-order valence-electron chi connectivity index (χ2n) is 8.57. The summed E-state index contributed by atoms with van der Waals surface area (Å²) in [5.74, 6) is 0.615. The van der Waals surface area contributed by atoms with E-state index in [1.54, 1.807) is 6.07 Å². The number of amides is 2. The maximum atomic E-state index is 12.0. The number of carbonyl (C=O) groups is 1. The van der Waals surface area contributed by atoms with E-state index in [-0.39, 0.29) is 11.8 Å². The molecule has 0 heterocycles. The van der Waals surface area contributed by atoms with Crippen molar-refractivity contribution >= 4 is 11.7 Å². The topological polar surface area (TPSA) is 70.6 Å². The Hall–Kier alpha value is -1.91. The van der Waals surface area contributed by atoms with Crippen molar-refractivity contribution in [1.29, 1.82) is 0 Å². The monoisotopic (exact) mass is 434 g/mol. The van der Waals surface area contributed by atoms with Crippen molar-refractivity contribution in [2.75, 3.05) is 19.0 Å². The minimum Gasteiger partial charge on any atom is -0.508 e. The van der Waals surface area contributed by atoms with E-state index in [4.69, 9.17) is 4.74 Å². The van der Waals surface area contributed by atoms with Crippen LogP contribution in [0.1, 0.15) is 110 Å². The molecular formula is C26H46N2O3. The molecule has 0 aliphatic carbocycles. The fourth-order valence-corrected chi connectivity index (χ4v) is 3.84. The Morgan fingerprint density at radius 3 is 1.77 bits per heavy atom. The van der Waals surface area contributed by atoms with Gasteiger partial charge in [-0.1, -0.05) is 103 Å². The number of ether oxygens (including phenoxy) is 1. The molecule has 0 atom stereocenters. The Labute approximate surface area is 190 Å². The molecule has 5 nitrogen and oxygen atoms in total. The van der Waals surface area contributed by atoms with Crippen LogP contribution in [-0.2, 0) is 0 Å². The number of benzene rings is 1. The zero-order chi connectivity index (χ0) is 22.6. The molecule has 31 heavy (non-hydrogen) atoms. The summed E-state index contributed by atoms with van der Waals surface area (Å²) in [6.07, 6.45) is 21.4. The molecule has 178 valence electrons. The summed E-state index contributed by atoms with van der Waals surface area (Å²) >= 11 is 0. The van der Waals surface area contributed by atoms with E-state index >= 15 is 0 Å². The molecule has 0 aromatic heterocycles. The molecular weight excluding hydrogens is 388 g/mol. The van der Waals surface area contributed by atoms with E-state index in [1.165, 1.54) is 109 Å². The zero-order valence-electron chi connectivity index (χ0n) is 20.0. The SMILES string of the molecule is CCCCCCCCCCCCCCCCCCNC(=O)Nc1cc(O)ccc1OC. The number of anilines is 1. The summed E-state index contributed by atoms with van der Waals surface area (Å²) in [4.78, 5) is 12.0. The number of nitrogens with one attached hydrogen (secondary N) is 2. The van der Waals surface area contributed by atoms with Crippen LogP contribution in [0.3, 0.4) is 0 Å². The lowest BCUT2D eigenvalue weighted by molar-refractivity contribution is 0.251. The number of carbonyl (C=O) groups excluding carboxylic acids is 1. The quantitative estimate of drug-likeness (QED) is 0.195. The summed E-state index contributed by atoms with van der Waals surface area (Å²) in [6, 6.07) is 4.36. The van der Waals surface area contributed by atoms with Gasteiger partial charge in [0, 0.05) is 12.6 Å². The van der Waals surface area contributed by atoms with Crippen molar-refractivity contribution in [3.63, 3.8) is 0 Å². The van der Waals surface area contributed by atoms with Gasteiger partial charge < -0.3 is 20.5 Å². The summed E-state index contributed by atoms with van der Waals surface area (Å²) in [5.41, 5.74) is 0.465. The van der Waals surface area contributed by atoms with Gasteiger partial charge >= 0.3 is 6.03 Å². The number of aromatic hydroxyl groups is 1. The predicted octanol–water partition coefficient (Wildman–Crippen LogP) is 7.78. The van der Waals surface area contributed by atoms with Crippen LogP contribution >= 0.6 is 0 Å². The highest BCUT2D eigenvalue weighted by Gasteiger charge is 2.07. The second-order valence-corrected chi connectivity index (χ2v) is 8.57. The minimum absolute atomic E-state index is 0.0916. The van der Waals surface area contributed by atoms with Crippen LogP contribution in [-0.4, -0.2) is 24.8 Å². The fourth-order valence-electron chi connectivity index (χ4n) is 3.84. The maximum absolute atomic E-state index is 12.0. The third-order valence-electron chi connectivity index (χ3n) is 5.75. The number of hydrogen-bond acceptors (Lipinski definition) is 3. The summed E-state index contributed by atoms with van der Waals surface area (Å²) in [5, 5.41) is 15.1. The van der Waals surface area contributed by atoms with Gasteiger partial charge in [0.25, 0.3) is 0 Å². The average Bonchev–Trinajstić information content (AvgIpc) is 2.76. The Morgan fingerprint density at radius 1 is 0.806 bits per heavy atom. The van der Waals surface area contributed by atoms with E-state index in [0.29, 0.717) is 18.0 Å². The molecule has 0 saturated carbocycles. The third-order valence-corrected chi connectivity index (χ3v) is 5.75. The lowest BCUT2D eigenvalue weighted by Crippen LogP contribution is -2.29. The number of phenols is 1. The second kappa shape index (κ2) is 18.8. The van der Waals surface area contributed by atoms with Gasteiger partial charge in [-0.15, -0.1) is 0 Å². The minimum atomic E-state index is -0.273. The van der Waals surface area contributed by atoms with Gasteiger partial charge in [0.05, 0.1) is 12.8 Å². The van der Waals surface area contributed by atoms with Crippen LogP contribution in [0.4, 0.5) is 10.5 Å². The lowest BCUT2D eigenvalue weighted by Gasteiger charge is -2.11. The molecule has 0 radical (unpaired) electrons. The van der Waals surface area contributed by atoms with Crippen molar-refractivity contribution in [3.8, 4) is 11.5 Å². The molecule has 1 aromatic rings. The Kier molecular flexibility index (Phi) is 16.5. The first-order valence-electron chi connectivity index (χ1n) is 12.6. The van der Waals surface area contributed by atoms with Crippen molar-refractivity contribution in [1.82, 2.24) is 5.32 Å². The maximum Gasteiger partial charge on any atom is 0.319 e. The van der Waals surface area contributed by atoms with Crippen molar-refractivity contribution < 1.29 is 14.6 Å². The number of phenolic OH excluding ortho intramolecular Hbond substituents is 1. The van der Waals surface area contributed by atoms with Gasteiger partial charge in [-0.25, -0.2) is 4.79 Å². The predicted molar refractivity (Wildman–Crippen MR) is 131 cm³/mol. The van der Waals surface area contributed by atoms with Crippen LogP contribution in [0.15, 0.2) is 18.2 Å². The van der Waals surface area contributed by atoms with E-state index < -0.39 is 0 Å². The summed E-state index contributed by atoms with van der Waals surface area (Å²) in [7, 11) is 1.53. The van der Waals surface area contributed by atoms with Gasteiger partial charge in [0.1, 0.15) is 11.5 Å². The molecule has 1 rings (SSSR count). The van der Waals surface area contributed by atoms with Crippen LogP contribution in [0, 0.1) is 0 Å². The summed E-state index contributed by atoms with van der Waals surface area (Å²) < 4.78 is 5.19. The smallest absolute Gasteiger partial charge is 0.319 e. The molecule has 0 aliphatic rings. The third kappa shape index (κ3) is 14.7. The highest BCUT2D eigenvalue weighted by molar-refractivity contribution is 5.91. The van der Waals surface area contributed by atoms with E-state index in [9.17, 15) is 9.90 Å². The van der Waals surface area contributed by atoms with Gasteiger partial charge in [0.2, 0.25) is 0 Å². The van der Waals surface area contributed by atoms with E-state index in [1.807, 2.05) is 0 Å². The van der Waals surface area contributed by atoms with Gasteiger partial charge in [0.15, 0.2) is 0 Å². The number of methoxy groups -OCH3 is 1. The van der Waals surface area contributed by atoms with Crippen LogP contribution in [0.5, 0.6) is 11.5 Å². The average molecular weight is 435 g/mol. The van der Waals surface area contributed by atoms with E-state index in [2.05, 4.69) is 17.6 Å². The molecule has 0 unspecified atom stereocenters. The molecule has 0 spiro atoms. The van der Waals surface area contributed by atoms with E-state index in [0.717, 1.165) is 12.8 Å². The summed E-state index contributed by atoms with van der Waals surface area (Å²) in [6.45, 7) is 2.93. The highest BCUT2D eigenvalue weighted by atomic mass is 16.5. The molecule has 5 heteroatoms. The number of unbranched alkanes of at least 4 members (excludes halogenated alkanes) is 15. The Balaban J connectivity index is 1.87. The van der Waals surface area contributed by atoms with Crippen LogP contribution in [0.2, 0.25) is 0 Å². The van der Waals surface area contributed by atoms with Gasteiger partial charge in [-0.05, 0) is 18.6 Å². The largest absolute Gasteiger partial charge is 0.508 e. The normalized spacial score (nSPS) is 10.8. The molecule has 0 saturated heterocycles. The lowest BCUT2D eigenvalue weighted by atomic mass is 10.0. The van der Waals surface area contributed by atoms with Crippen molar-refractivity contribution in [2.45, 2.75) is 110 Å². The molecule has 0 aliphatic heterocycles. The molecule has 0 fully saturated rings. The molecule has 2 amide bonds. The number of rotatable bonds is 19. The molecule has 1 aromatic carbocycles. The fraction of sp³-hybridized carbons (Fsp3) is 0.731. The first-order chi connectivity index (χ1) is 15.2. The van der Waals surface area contributed by atoms with Gasteiger partial charge in [-0.3, -0.25) is 0 Å². The first kappa shape index (κ1) is 27.1. The first-order valence-corrected chi connectivity index (χ1v) is 12.6. The van der Waals surface area contributed by atoms with Crippen molar-refractivity contribution in [3.05, 3.63) is 18.2 Å². The zero-order valence-corrected chi connectivity index (χ0v) is 20.0. The van der Waals surface area contributed by atoms with Crippen LogP contribution in [0.25, 0.3) is 0 Å². The molecule has 0 bridgehead atoms. The van der Waals surface area contributed by atoms with Crippen LogP contribution < -0.4 is 15.4 Å². The Bertz CT molecular complexity index is 578. The standard InChI is InChI=1S/C26H46N2O3/c1-3-4-5-6-7-8-9-10-11-12-13-14-15-16-17-18-21-27-26(30)28-24-22-23(29)19-20-25(24)31-2/h19-20,22,29H,3-18,21H2,1-2H3,(H2,27,28,30).